The maximum absolute atomic E-state index is 12.2. The zero-order chi connectivity index (χ0) is 12.9. The van der Waals surface area contributed by atoms with Gasteiger partial charge in [0.25, 0.3) is 5.24 Å². The van der Waals surface area contributed by atoms with E-state index in [-0.39, 0.29) is 17.8 Å². The van der Waals surface area contributed by atoms with Gasteiger partial charge in [0, 0.05) is 7.05 Å². The SMILES string of the molecule is CN1C(=O)SC2(Cc3ccc(CO)cc3C2)C1=O. The van der Waals surface area contributed by atoms with E-state index in [0.717, 1.165) is 28.5 Å². The summed E-state index contributed by atoms with van der Waals surface area (Å²) >= 11 is 1.14. The lowest BCUT2D eigenvalue weighted by Crippen LogP contribution is -2.38. The maximum Gasteiger partial charge on any atom is 0.289 e. The van der Waals surface area contributed by atoms with Crippen molar-refractivity contribution < 1.29 is 14.7 Å². The normalized spacial score (nSPS) is 26.2. The van der Waals surface area contributed by atoms with E-state index in [1.54, 1.807) is 0 Å². The molecule has 1 N–H and O–H groups in total. The Bertz CT molecular complexity index is 557. The van der Waals surface area contributed by atoms with Crippen LogP contribution in [0.2, 0.25) is 0 Å². The van der Waals surface area contributed by atoms with Crippen LogP contribution in [0.15, 0.2) is 18.2 Å². The monoisotopic (exact) mass is 263 g/mol. The molecule has 2 amide bonds. The van der Waals surface area contributed by atoms with Crippen LogP contribution in [0.4, 0.5) is 4.79 Å². The lowest BCUT2D eigenvalue weighted by Gasteiger charge is -2.17. The van der Waals surface area contributed by atoms with Crippen LogP contribution >= 0.6 is 11.8 Å². The van der Waals surface area contributed by atoms with Crippen molar-refractivity contribution in [3.8, 4) is 0 Å². The number of benzene rings is 1. The molecule has 94 valence electrons. The second kappa shape index (κ2) is 3.83. The van der Waals surface area contributed by atoms with Crippen LogP contribution < -0.4 is 0 Å². The molecule has 1 heterocycles. The molecule has 0 radical (unpaired) electrons. The van der Waals surface area contributed by atoms with E-state index in [4.69, 9.17) is 5.11 Å². The number of fused-ring (bicyclic) bond motifs is 1. The van der Waals surface area contributed by atoms with Gasteiger partial charge < -0.3 is 5.11 Å². The van der Waals surface area contributed by atoms with E-state index >= 15 is 0 Å². The number of rotatable bonds is 1. The van der Waals surface area contributed by atoms with Crippen molar-refractivity contribution >= 4 is 22.9 Å². The lowest BCUT2D eigenvalue weighted by molar-refractivity contribution is -0.128. The summed E-state index contributed by atoms with van der Waals surface area (Å²) in [5.41, 5.74) is 3.03. The van der Waals surface area contributed by atoms with Crippen LogP contribution in [0.25, 0.3) is 0 Å². The molecular formula is C13H13NO3S. The van der Waals surface area contributed by atoms with Crippen LogP contribution in [0.3, 0.4) is 0 Å². The minimum absolute atomic E-state index is 0.000201. The molecule has 1 fully saturated rings. The minimum Gasteiger partial charge on any atom is -0.392 e. The average Bonchev–Trinajstić information content (AvgIpc) is 2.82. The number of aliphatic hydroxyl groups is 1. The summed E-state index contributed by atoms with van der Waals surface area (Å²) in [4.78, 5) is 25.1. The summed E-state index contributed by atoms with van der Waals surface area (Å²) in [5, 5.41) is 8.96. The quantitative estimate of drug-likeness (QED) is 0.830. The van der Waals surface area contributed by atoms with Gasteiger partial charge in [-0.3, -0.25) is 14.5 Å². The molecule has 0 aromatic heterocycles. The van der Waals surface area contributed by atoms with Crippen molar-refractivity contribution in [2.75, 3.05) is 7.05 Å². The van der Waals surface area contributed by atoms with Gasteiger partial charge in [-0.15, -0.1) is 0 Å². The predicted octanol–water partition coefficient (Wildman–Crippen LogP) is 1.34. The third-order valence-corrected chi connectivity index (χ3v) is 4.96. The van der Waals surface area contributed by atoms with Gasteiger partial charge in [-0.05, 0) is 41.3 Å². The molecular weight excluding hydrogens is 250 g/mol. The maximum atomic E-state index is 12.2. The molecule has 1 unspecified atom stereocenters. The third kappa shape index (κ3) is 1.51. The summed E-state index contributed by atoms with van der Waals surface area (Å²) in [6, 6.07) is 5.75. The highest BCUT2D eigenvalue weighted by Gasteiger charge is 2.54. The Balaban J connectivity index is 1.97. The van der Waals surface area contributed by atoms with Gasteiger partial charge in [-0.1, -0.05) is 18.2 Å². The fraction of sp³-hybridized carbons (Fsp3) is 0.385. The van der Waals surface area contributed by atoms with Gasteiger partial charge in [-0.25, -0.2) is 0 Å². The molecule has 1 aromatic carbocycles. The first-order valence-electron chi connectivity index (χ1n) is 5.78. The van der Waals surface area contributed by atoms with Gasteiger partial charge in [0.05, 0.1) is 6.61 Å². The first-order chi connectivity index (χ1) is 8.55. The molecule has 0 saturated carbocycles. The highest BCUT2D eigenvalue weighted by Crippen LogP contribution is 2.46. The zero-order valence-electron chi connectivity index (χ0n) is 9.97. The standard InChI is InChI=1S/C13H13NO3S/c1-14-11(16)13(18-12(14)17)5-9-3-2-8(7-15)4-10(9)6-13/h2-4,15H,5-7H2,1H3. The fourth-order valence-corrected chi connectivity index (χ4v) is 3.92. The summed E-state index contributed by atoms with van der Waals surface area (Å²) in [7, 11) is 1.54. The van der Waals surface area contributed by atoms with Crippen molar-refractivity contribution in [1.29, 1.82) is 0 Å². The molecule has 5 heteroatoms. The molecule has 18 heavy (non-hydrogen) atoms. The van der Waals surface area contributed by atoms with Crippen molar-refractivity contribution in [3.05, 3.63) is 34.9 Å². The third-order valence-electron chi connectivity index (χ3n) is 3.66. The second-order valence-electron chi connectivity index (χ2n) is 4.84. The number of imide groups is 1. The van der Waals surface area contributed by atoms with Crippen LogP contribution in [0.5, 0.6) is 0 Å². The van der Waals surface area contributed by atoms with Crippen molar-refractivity contribution in [2.24, 2.45) is 0 Å². The van der Waals surface area contributed by atoms with Gasteiger partial charge in [0.1, 0.15) is 4.75 Å². The Morgan fingerprint density at radius 1 is 1.33 bits per heavy atom. The lowest BCUT2D eigenvalue weighted by atomic mass is 10.0. The van der Waals surface area contributed by atoms with Crippen LogP contribution in [0.1, 0.15) is 16.7 Å². The topological polar surface area (TPSA) is 57.6 Å². The van der Waals surface area contributed by atoms with Crippen LogP contribution in [-0.2, 0) is 24.2 Å². The van der Waals surface area contributed by atoms with Gasteiger partial charge in [-0.2, -0.15) is 0 Å². The summed E-state index contributed by atoms with van der Waals surface area (Å²) < 4.78 is -0.637. The van der Waals surface area contributed by atoms with Crippen molar-refractivity contribution in [1.82, 2.24) is 4.90 Å². The first kappa shape index (κ1) is 11.7. The molecule has 0 bridgehead atoms. The van der Waals surface area contributed by atoms with E-state index in [1.807, 2.05) is 18.2 Å². The minimum atomic E-state index is -0.637. The first-order valence-corrected chi connectivity index (χ1v) is 6.60. The molecule has 2 aliphatic rings. The van der Waals surface area contributed by atoms with Gasteiger partial charge in [0.15, 0.2) is 0 Å². The molecule has 1 atom stereocenters. The van der Waals surface area contributed by atoms with Crippen LogP contribution in [-0.4, -0.2) is 32.9 Å². The van der Waals surface area contributed by atoms with E-state index < -0.39 is 4.75 Å². The number of aliphatic hydroxyl groups excluding tert-OH is 1. The Kier molecular flexibility index (Phi) is 2.50. The summed E-state index contributed by atoms with van der Waals surface area (Å²) in [6.45, 7) is 0.000201. The molecule has 4 nitrogen and oxygen atoms in total. The Labute approximate surface area is 109 Å². The largest absolute Gasteiger partial charge is 0.392 e. The van der Waals surface area contributed by atoms with Crippen molar-refractivity contribution in [2.45, 2.75) is 24.2 Å². The number of carbonyl (C=O) groups excluding carboxylic acids is 2. The fourth-order valence-electron chi connectivity index (χ4n) is 2.68. The predicted molar refractivity (Wildman–Crippen MR) is 68.3 cm³/mol. The number of hydrogen-bond acceptors (Lipinski definition) is 4. The molecule has 1 saturated heterocycles. The summed E-state index contributed by atoms with van der Waals surface area (Å²) in [5.74, 6) is -0.0979. The highest BCUT2D eigenvalue weighted by atomic mass is 32.2. The average molecular weight is 263 g/mol. The Morgan fingerprint density at radius 2 is 2.06 bits per heavy atom. The van der Waals surface area contributed by atoms with E-state index in [9.17, 15) is 9.59 Å². The van der Waals surface area contributed by atoms with E-state index in [0.29, 0.717) is 12.8 Å². The Morgan fingerprint density at radius 3 is 2.67 bits per heavy atom. The number of nitrogens with zero attached hydrogens (tertiary/aromatic N) is 1. The van der Waals surface area contributed by atoms with E-state index in [1.165, 1.54) is 11.9 Å². The summed E-state index contributed by atoms with van der Waals surface area (Å²) in [6.07, 6.45) is 1.18. The second-order valence-corrected chi connectivity index (χ2v) is 6.18. The highest BCUT2D eigenvalue weighted by molar-refractivity contribution is 8.16. The molecule has 1 aliphatic heterocycles. The Hall–Kier alpha value is -1.33. The molecule has 1 aromatic rings. The smallest absolute Gasteiger partial charge is 0.289 e. The van der Waals surface area contributed by atoms with E-state index in [2.05, 4.69) is 0 Å². The number of amides is 2. The number of carbonyl (C=O) groups is 2. The molecule has 3 rings (SSSR count). The molecule has 1 spiro atoms. The number of thioether (sulfide) groups is 1. The van der Waals surface area contributed by atoms with Crippen LogP contribution in [0, 0.1) is 0 Å². The zero-order valence-corrected chi connectivity index (χ0v) is 10.8. The van der Waals surface area contributed by atoms with Crippen molar-refractivity contribution in [3.63, 3.8) is 0 Å². The van der Waals surface area contributed by atoms with Gasteiger partial charge >= 0.3 is 0 Å². The number of hydrogen-bond donors (Lipinski definition) is 1. The van der Waals surface area contributed by atoms with Gasteiger partial charge in [0.2, 0.25) is 5.91 Å². The molecule has 1 aliphatic carbocycles.